The first-order valence-corrected chi connectivity index (χ1v) is 6.35. The van der Waals surface area contributed by atoms with Gasteiger partial charge in [0.25, 0.3) is 0 Å². The van der Waals surface area contributed by atoms with Gasteiger partial charge in [-0.05, 0) is 17.9 Å². The van der Waals surface area contributed by atoms with E-state index in [0.29, 0.717) is 17.4 Å². The number of nitrogens with zero attached hydrogens (tertiary/aromatic N) is 2. The summed E-state index contributed by atoms with van der Waals surface area (Å²) in [6.07, 6.45) is 2.38. The van der Waals surface area contributed by atoms with Crippen molar-refractivity contribution in [3.63, 3.8) is 0 Å². The number of hydrogen-bond donors (Lipinski definition) is 3. The van der Waals surface area contributed by atoms with Crippen LogP contribution in [0.25, 0.3) is 0 Å². The molecule has 2 rings (SSSR count). The van der Waals surface area contributed by atoms with Crippen molar-refractivity contribution in [2.45, 2.75) is 6.42 Å². The minimum atomic E-state index is 0.464. The third-order valence-electron chi connectivity index (χ3n) is 2.39. The highest BCUT2D eigenvalue weighted by Crippen LogP contribution is 2.27. The molecule has 0 saturated carbocycles. The first-order chi connectivity index (χ1) is 8.85. The van der Waals surface area contributed by atoms with Gasteiger partial charge >= 0.3 is 0 Å². The summed E-state index contributed by atoms with van der Waals surface area (Å²) >= 11 is 1.74. The van der Waals surface area contributed by atoms with Gasteiger partial charge in [0.1, 0.15) is 6.33 Å². The minimum Gasteiger partial charge on any atom is -0.490 e. The molecule has 6 nitrogen and oxygen atoms in total. The fraction of sp³-hybridized carbons (Fsp3) is 0.273. The van der Waals surface area contributed by atoms with Crippen LogP contribution in [0.4, 0.5) is 11.6 Å². The number of hydrogen-bond acceptors (Lipinski definition) is 7. The molecule has 0 aromatic carbocycles. The molecule has 96 valence electrons. The van der Waals surface area contributed by atoms with Crippen LogP contribution in [0.1, 0.15) is 4.88 Å². The van der Waals surface area contributed by atoms with E-state index >= 15 is 0 Å². The highest BCUT2D eigenvalue weighted by Gasteiger charge is 2.10. The second-order valence-electron chi connectivity index (χ2n) is 3.50. The van der Waals surface area contributed by atoms with E-state index in [9.17, 15) is 0 Å². The zero-order valence-corrected chi connectivity index (χ0v) is 10.8. The van der Waals surface area contributed by atoms with Gasteiger partial charge in [-0.1, -0.05) is 6.07 Å². The van der Waals surface area contributed by atoms with E-state index in [4.69, 9.17) is 10.6 Å². The molecule has 0 unspecified atom stereocenters. The van der Waals surface area contributed by atoms with E-state index < -0.39 is 0 Å². The van der Waals surface area contributed by atoms with Crippen molar-refractivity contribution in [3.8, 4) is 5.75 Å². The van der Waals surface area contributed by atoms with Crippen molar-refractivity contribution in [2.75, 3.05) is 24.4 Å². The largest absolute Gasteiger partial charge is 0.490 e. The van der Waals surface area contributed by atoms with Crippen LogP contribution < -0.4 is 21.3 Å². The monoisotopic (exact) mass is 265 g/mol. The average molecular weight is 265 g/mol. The van der Waals surface area contributed by atoms with Crippen LogP contribution in [-0.2, 0) is 6.42 Å². The molecule has 4 N–H and O–H groups in total. The first-order valence-electron chi connectivity index (χ1n) is 5.47. The number of nitrogen functional groups attached to an aromatic ring is 1. The van der Waals surface area contributed by atoms with E-state index in [1.807, 2.05) is 6.07 Å². The Hall–Kier alpha value is -1.86. The van der Waals surface area contributed by atoms with E-state index in [1.54, 1.807) is 18.4 Å². The summed E-state index contributed by atoms with van der Waals surface area (Å²) in [6, 6.07) is 4.15. The number of ether oxygens (including phenoxy) is 1. The highest BCUT2D eigenvalue weighted by atomic mass is 32.1. The molecular formula is C11H15N5OS. The lowest BCUT2D eigenvalue weighted by atomic mass is 10.3. The molecule has 0 aliphatic heterocycles. The van der Waals surface area contributed by atoms with Crippen LogP contribution in [0.5, 0.6) is 5.75 Å². The van der Waals surface area contributed by atoms with E-state index in [1.165, 1.54) is 11.2 Å². The van der Waals surface area contributed by atoms with Gasteiger partial charge in [-0.15, -0.1) is 11.3 Å². The van der Waals surface area contributed by atoms with Gasteiger partial charge in [0.05, 0.1) is 7.11 Å². The second kappa shape index (κ2) is 6.18. The molecule has 0 bridgehead atoms. The summed E-state index contributed by atoms with van der Waals surface area (Å²) in [5, 5.41) is 5.28. The highest BCUT2D eigenvalue weighted by molar-refractivity contribution is 7.09. The molecule has 2 heterocycles. The summed E-state index contributed by atoms with van der Waals surface area (Å²) in [6.45, 7) is 0.776. The Labute approximate surface area is 109 Å². The Morgan fingerprint density at radius 1 is 1.39 bits per heavy atom. The summed E-state index contributed by atoms with van der Waals surface area (Å²) in [5.41, 5.74) is 2.48. The smallest absolute Gasteiger partial charge is 0.205 e. The molecule has 0 atom stereocenters. The lowest BCUT2D eigenvalue weighted by Crippen LogP contribution is -2.13. The second-order valence-corrected chi connectivity index (χ2v) is 4.54. The third kappa shape index (κ3) is 2.88. The zero-order valence-electron chi connectivity index (χ0n) is 10.0. The molecule has 0 saturated heterocycles. The van der Waals surface area contributed by atoms with Gasteiger partial charge < -0.3 is 15.5 Å². The summed E-state index contributed by atoms with van der Waals surface area (Å²) in [5.74, 6) is 6.97. The number of hydrazine groups is 1. The first kappa shape index (κ1) is 12.6. The summed E-state index contributed by atoms with van der Waals surface area (Å²) in [7, 11) is 1.56. The SMILES string of the molecule is COc1c(NN)ncnc1NCCc1cccs1. The Morgan fingerprint density at radius 2 is 2.22 bits per heavy atom. The number of methoxy groups -OCH3 is 1. The number of nitrogens with two attached hydrogens (primary N) is 1. The van der Waals surface area contributed by atoms with Crippen molar-refractivity contribution in [2.24, 2.45) is 5.84 Å². The Morgan fingerprint density at radius 3 is 2.89 bits per heavy atom. The average Bonchev–Trinajstić information content (AvgIpc) is 2.91. The van der Waals surface area contributed by atoms with Gasteiger partial charge in [-0.3, -0.25) is 0 Å². The molecule has 7 heteroatoms. The van der Waals surface area contributed by atoms with Crippen LogP contribution in [-0.4, -0.2) is 23.6 Å². The van der Waals surface area contributed by atoms with Crippen LogP contribution in [0, 0.1) is 0 Å². The number of anilines is 2. The fourth-order valence-electron chi connectivity index (χ4n) is 1.55. The van der Waals surface area contributed by atoms with Crippen molar-refractivity contribution in [3.05, 3.63) is 28.7 Å². The molecule has 2 aromatic heterocycles. The van der Waals surface area contributed by atoms with Crippen LogP contribution in [0.3, 0.4) is 0 Å². The molecule has 0 amide bonds. The predicted octanol–water partition coefficient (Wildman–Crippen LogP) is 1.49. The topological polar surface area (TPSA) is 85.1 Å². The maximum absolute atomic E-state index is 5.35. The van der Waals surface area contributed by atoms with Crippen LogP contribution in [0.2, 0.25) is 0 Å². The van der Waals surface area contributed by atoms with Crippen molar-refractivity contribution in [1.29, 1.82) is 0 Å². The molecule has 0 aliphatic carbocycles. The number of thiophene rings is 1. The Kier molecular flexibility index (Phi) is 4.32. The number of rotatable bonds is 6. The van der Waals surface area contributed by atoms with E-state index in [-0.39, 0.29) is 0 Å². The maximum Gasteiger partial charge on any atom is 0.205 e. The Bertz CT molecular complexity index is 488. The van der Waals surface area contributed by atoms with Gasteiger partial charge in [-0.25, -0.2) is 15.8 Å². The van der Waals surface area contributed by atoms with Gasteiger partial charge in [0.2, 0.25) is 5.75 Å². The summed E-state index contributed by atoms with van der Waals surface area (Å²) in [4.78, 5) is 9.44. The van der Waals surface area contributed by atoms with E-state index in [2.05, 4.69) is 32.2 Å². The van der Waals surface area contributed by atoms with Crippen LogP contribution >= 0.6 is 11.3 Å². The van der Waals surface area contributed by atoms with E-state index in [0.717, 1.165) is 13.0 Å². The molecule has 0 radical (unpaired) electrons. The molecule has 0 fully saturated rings. The normalized spacial score (nSPS) is 10.1. The zero-order chi connectivity index (χ0) is 12.8. The Balaban J connectivity index is 2.00. The van der Waals surface area contributed by atoms with Gasteiger partial charge in [0.15, 0.2) is 11.6 Å². The molecule has 0 aliphatic rings. The van der Waals surface area contributed by atoms with Gasteiger partial charge in [-0.2, -0.15) is 0 Å². The van der Waals surface area contributed by atoms with Crippen molar-refractivity contribution < 1.29 is 4.74 Å². The molecule has 0 spiro atoms. The lowest BCUT2D eigenvalue weighted by Gasteiger charge is -2.12. The molecular weight excluding hydrogens is 250 g/mol. The van der Waals surface area contributed by atoms with Crippen molar-refractivity contribution in [1.82, 2.24) is 9.97 Å². The van der Waals surface area contributed by atoms with Gasteiger partial charge in [0, 0.05) is 11.4 Å². The summed E-state index contributed by atoms with van der Waals surface area (Å²) < 4.78 is 5.23. The lowest BCUT2D eigenvalue weighted by molar-refractivity contribution is 0.414. The standard InChI is InChI=1S/C11H15N5OS/c1-17-9-10(14-7-15-11(9)16-12)13-5-4-8-3-2-6-18-8/h2-3,6-7H,4-5,12H2,1H3,(H2,13,14,15,16). The quantitative estimate of drug-likeness (QED) is 0.542. The predicted molar refractivity (Wildman–Crippen MR) is 72.9 cm³/mol. The van der Waals surface area contributed by atoms with Crippen molar-refractivity contribution >= 4 is 23.0 Å². The maximum atomic E-state index is 5.35. The number of aromatic nitrogens is 2. The minimum absolute atomic E-state index is 0.464. The third-order valence-corrected chi connectivity index (χ3v) is 3.32. The van der Waals surface area contributed by atoms with Crippen LogP contribution in [0.15, 0.2) is 23.8 Å². The molecule has 18 heavy (non-hydrogen) atoms. The number of nitrogens with one attached hydrogen (secondary N) is 2. The fourth-order valence-corrected chi connectivity index (χ4v) is 2.26. The molecule has 2 aromatic rings.